The monoisotopic (exact) mass is 426 g/mol. The van der Waals surface area contributed by atoms with Gasteiger partial charge in [-0.3, -0.25) is 10.1 Å². The molecule has 0 bridgehead atoms. The van der Waals surface area contributed by atoms with Crippen molar-refractivity contribution in [2.24, 2.45) is 0 Å². The van der Waals surface area contributed by atoms with E-state index in [4.69, 9.17) is 11.6 Å². The van der Waals surface area contributed by atoms with Crippen molar-refractivity contribution >= 4 is 34.3 Å². The number of aromatic nitrogens is 3. The minimum Gasteiger partial charge on any atom is -0.476 e. The SMILES string of the molecule is O=C(O)c1nc(-c2ccc(Cl)c(F)c2)nc2c1ccn2Cc1ccccc1[N+](=O)[O-]. The molecule has 150 valence electrons. The zero-order chi connectivity index (χ0) is 21.4. The number of hydrogen-bond donors (Lipinski definition) is 1. The van der Waals surface area contributed by atoms with Crippen LogP contribution in [-0.4, -0.2) is 30.5 Å². The Balaban J connectivity index is 1.89. The average molecular weight is 427 g/mol. The Hall–Kier alpha value is -3.85. The Labute approximate surface area is 173 Å². The summed E-state index contributed by atoms with van der Waals surface area (Å²) in [7, 11) is 0. The van der Waals surface area contributed by atoms with Crippen molar-refractivity contribution in [3.05, 3.63) is 86.9 Å². The van der Waals surface area contributed by atoms with Crippen LogP contribution in [0.5, 0.6) is 0 Å². The molecule has 0 aliphatic heterocycles. The summed E-state index contributed by atoms with van der Waals surface area (Å²) >= 11 is 5.71. The van der Waals surface area contributed by atoms with Gasteiger partial charge in [0.2, 0.25) is 0 Å². The van der Waals surface area contributed by atoms with Gasteiger partial charge in [-0.2, -0.15) is 0 Å². The molecule has 1 N–H and O–H groups in total. The van der Waals surface area contributed by atoms with Crippen LogP contribution in [0.2, 0.25) is 5.02 Å². The lowest BCUT2D eigenvalue weighted by molar-refractivity contribution is -0.385. The molecule has 0 spiro atoms. The number of para-hydroxylation sites is 1. The summed E-state index contributed by atoms with van der Waals surface area (Å²) in [6.07, 6.45) is 1.58. The minimum atomic E-state index is -1.28. The van der Waals surface area contributed by atoms with Crippen molar-refractivity contribution in [2.45, 2.75) is 6.54 Å². The van der Waals surface area contributed by atoms with Gasteiger partial charge in [0, 0.05) is 23.4 Å². The molecule has 0 saturated carbocycles. The van der Waals surface area contributed by atoms with Crippen LogP contribution in [0, 0.1) is 15.9 Å². The topological polar surface area (TPSA) is 111 Å². The summed E-state index contributed by atoms with van der Waals surface area (Å²) in [6, 6.07) is 11.7. The molecule has 4 rings (SSSR count). The van der Waals surface area contributed by atoms with Crippen LogP contribution < -0.4 is 0 Å². The summed E-state index contributed by atoms with van der Waals surface area (Å²) in [5, 5.41) is 21.1. The smallest absolute Gasteiger partial charge is 0.355 e. The van der Waals surface area contributed by atoms with E-state index in [-0.39, 0.29) is 45.4 Å². The Kier molecular flexibility index (Phi) is 4.88. The standard InChI is InChI=1S/C20H12ClFN4O4/c21-14-6-5-11(9-15(14)22)18-23-17(20(27)28)13-7-8-25(19(13)24-18)10-12-3-1-2-4-16(12)26(29)30/h1-9H,10H2,(H,27,28). The third-order valence-electron chi connectivity index (χ3n) is 4.53. The molecule has 0 amide bonds. The number of aromatic carboxylic acids is 1. The quantitative estimate of drug-likeness (QED) is 0.370. The number of carboxylic acids is 1. The summed E-state index contributed by atoms with van der Waals surface area (Å²) in [6.45, 7) is 0.0884. The van der Waals surface area contributed by atoms with Crippen LogP contribution in [-0.2, 0) is 6.54 Å². The Morgan fingerprint density at radius 1 is 1.20 bits per heavy atom. The van der Waals surface area contributed by atoms with Gasteiger partial charge >= 0.3 is 5.97 Å². The highest BCUT2D eigenvalue weighted by atomic mass is 35.5. The van der Waals surface area contributed by atoms with Gasteiger partial charge in [0.05, 0.1) is 21.9 Å². The maximum atomic E-state index is 13.9. The fraction of sp³-hybridized carbons (Fsp3) is 0.0500. The number of hydrogen-bond acceptors (Lipinski definition) is 5. The molecule has 8 nitrogen and oxygen atoms in total. The molecule has 0 aliphatic carbocycles. The highest BCUT2D eigenvalue weighted by Gasteiger charge is 2.20. The first-order valence-corrected chi connectivity index (χ1v) is 9.01. The number of halogens is 2. The van der Waals surface area contributed by atoms with Crippen LogP contribution in [0.1, 0.15) is 16.1 Å². The zero-order valence-corrected chi connectivity index (χ0v) is 15.9. The molecule has 2 heterocycles. The number of benzene rings is 2. The van der Waals surface area contributed by atoms with E-state index >= 15 is 0 Å². The third kappa shape index (κ3) is 3.46. The number of nitro groups is 1. The van der Waals surface area contributed by atoms with E-state index in [1.165, 1.54) is 24.3 Å². The number of carbonyl (C=O) groups is 1. The maximum Gasteiger partial charge on any atom is 0.355 e. The van der Waals surface area contributed by atoms with E-state index < -0.39 is 16.7 Å². The number of rotatable bonds is 5. The van der Waals surface area contributed by atoms with Gasteiger partial charge in [-0.15, -0.1) is 0 Å². The van der Waals surface area contributed by atoms with Gasteiger partial charge in [-0.25, -0.2) is 19.2 Å². The molecule has 0 unspecified atom stereocenters. The number of nitrogens with zero attached hydrogens (tertiary/aromatic N) is 4. The lowest BCUT2D eigenvalue weighted by atomic mass is 10.1. The van der Waals surface area contributed by atoms with Crippen LogP contribution in [0.3, 0.4) is 0 Å². The second-order valence-corrected chi connectivity index (χ2v) is 6.80. The molecular weight excluding hydrogens is 415 g/mol. The highest BCUT2D eigenvalue weighted by molar-refractivity contribution is 6.30. The lowest BCUT2D eigenvalue weighted by Gasteiger charge is -2.09. The minimum absolute atomic E-state index is 0.00187. The van der Waals surface area contributed by atoms with Crippen molar-refractivity contribution < 1.29 is 19.2 Å². The van der Waals surface area contributed by atoms with Crippen molar-refractivity contribution in [1.82, 2.24) is 14.5 Å². The van der Waals surface area contributed by atoms with Crippen LogP contribution in [0.25, 0.3) is 22.4 Å². The van der Waals surface area contributed by atoms with Crippen LogP contribution >= 0.6 is 11.6 Å². The summed E-state index contributed by atoms with van der Waals surface area (Å²) in [4.78, 5) is 31.0. The van der Waals surface area contributed by atoms with E-state index in [0.717, 1.165) is 6.07 Å². The van der Waals surface area contributed by atoms with Crippen molar-refractivity contribution in [1.29, 1.82) is 0 Å². The Morgan fingerprint density at radius 3 is 2.67 bits per heavy atom. The predicted octanol–water partition coefficient (Wildman–Crippen LogP) is 4.55. The van der Waals surface area contributed by atoms with E-state index in [1.54, 1.807) is 29.0 Å². The third-order valence-corrected chi connectivity index (χ3v) is 4.83. The molecule has 0 aliphatic rings. The first kappa shape index (κ1) is 19.5. The molecular formula is C20H12ClFN4O4. The van der Waals surface area contributed by atoms with Gasteiger partial charge in [0.25, 0.3) is 5.69 Å². The molecule has 2 aromatic heterocycles. The average Bonchev–Trinajstić information content (AvgIpc) is 3.12. The van der Waals surface area contributed by atoms with Crippen molar-refractivity contribution in [2.75, 3.05) is 0 Å². The second kappa shape index (κ2) is 7.53. The van der Waals surface area contributed by atoms with Gasteiger partial charge in [-0.05, 0) is 24.3 Å². The Morgan fingerprint density at radius 2 is 1.97 bits per heavy atom. The highest BCUT2D eigenvalue weighted by Crippen LogP contribution is 2.27. The molecule has 4 aromatic rings. The maximum absolute atomic E-state index is 13.9. The molecule has 0 atom stereocenters. The largest absolute Gasteiger partial charge is 0.476 e. The van der Waals surface area contributed by atoms with Crippen molar-refractivity contribution in [3.8, 4) is 11.4 Å². The van der Waals surface area contributed by atoms with E-state index in [9.17, 15) is 24.4 Å². The van der Waals surface area contributed by atoms with Crippen molar-refractivity contribution in [3.63, 3.8) is 0 Å². The lowest BCUT2D eigenvalue weighted by Crippen LogP contribution is -2.07. The fourth-order valence-electron chi connectivity index (χ4n) is 3.13. The number of fused-ring (bicyclic) bond motifs is 1. The number of nitro benzene ring substituents is 1. The number of carboxylic acid groups (broad SMARTS) is 1. The molecule has 0 fully saturated rings. The fourth-order valence-corrected chi connectivity index (χ4v) is 3.24. The van der Waals surface area contributed by atoms with E-state index in [1.807, 2.05) is 0 Å². The first-order chi connectivity index (χ1) is 14.3. The van der Waals surface area contributed by atoms with Gasteiger partial charge in [-0.1, -0.05) is 29.8 Å². The predicted molar refractivity (Wildman–Crippen MR) is 107 cm³/mol. The first-order valence-electron chi connectivity index (χ1n) is 8.63. The molecule has 10 heteroatoms. The molecule has 30 heavy (non-hydrogen) atoms. The van der Waals surface area contributed by atoms with Crippen LogP contribution in [0.15, 0.2) is 54.7 Å². The summed E-state index contributed by atoms with van der Waals surface area (Å²) in [5.41, 5.74) is 0.610. The summed E-state index contributed by atoms with van der Waals surface area (Å²) < 4.78 is 15.5. The molecule has 0 radical (unpaired) electrons. The molecule has 2 aromatic carbocycles. The van der Waals surface area contributed by atoms with E-state index in [2.05, 4.69) is 9.97 Å². The van der Waals surface area contributed by atoms with E-state index in [0.29, 0.717) is 5.56 Å². The second-order valence-electron chi connectivity index (χ2n) is 6.40. The van der Waals surface area contributed by atoms with Gasteiger partial charge in [0.15, 0.2) is 11.5 Å². The van der Waals surface area contributed by atoms with Gasteiger partial charge < -0.3 is 9.67 Å². The normalized spacial score (nSPS) is 11.0. The summed E-state index contributed by atoms with van der Waals surface area (Å²) in [5.74, 6) is -1.97. The van der Waals surface area contributed by atoms with Gasteiger partial charge in [0.1, 0.15) is 11.5 Å². The van der Waals surface area contributed by atoms with Crippen LogP contribution in [0.4, 0.5) is 10.1 Å². The molecule has 0 saturated heterocycles. The zero-order valence-electron chi connectivity index (χ0n) is 15.1. The Bertz CT molecular complexity index is 1320.